The number of rotatable bonds is 10. The molecule has 162 valence electrons. The average Bonchev–Trinajstić information content (AvgIpc) is 3.31. The number of nitrogens with zero attached hydrogens (tertiary/aromatic N) is 3. The largest absolute Gasteiger partial charge is 0.490 e. The molecule has 8 nitrogen and oxygen atoms in total. The van der Waals surface area contributed by atoms with Crippen molar-refractivity contribution in [2.45, 2.75) is 20.8 Å². The minimum atomic E-state index is -0.378. The van der Waals surface area contributed by atoms with Gasteiger partial charge in [-0.15, -0.1) is 0 Å². The predicted octanol–water partition coefficient (Wildman–Crippen LogP) is 3.83. The Kier molecular flexibility index (Phi) is 7.64. The first-order valence-corrected chi connectivity index (χ1v) is 10.1. The molecule has 1 N–H and O–H groups in total. The number of benzene rings is 2. The molecule has 0 aliphatic carbocycles. The van der Waals surface area contributed by atoms with Crippen molar-refractivity contribution in [3.8, 4) is 22.9 Å². The van der Waals surface area contributed by atoms with E-state index in [2.05, 4.69) is 15.5 Å². The van der Waals surface area contributed by atoms with Crippen LogP contribution in [0.1, 0.15) is 36.7 Å². The van der Waals surface area contributed by atoms with Crippen LogP contribution in [0.4, 0.5) is 0 Å². The van der Waals surface area contributed by atoms with Crippen molar-refractivity contribution in [3.05, 3.63) is 66.2 Å². The van der Waals surface area contributed by atoms with Gasteiger partial charge in [0.05, 0.1) is 32.4 Å². The van der Waals surface area contributed by atoms with Gasteiger partial charge in [0.25, 0.3) is 5.91 Å². The van der Waals surface area contributed by atoms with Crippen LogP contribution in [0.5, 0.6) is 17.2 Å². The second-order valence-corrected chi connectivity index (χ2v) is 6.36. The number of imidazole rings is 1. The fourth-order valence-electron chi connectivity index (χ4n) is 2.89. The van der Waals surface area contributed by atoms with Gasteiger partial charge in [0.15, 0.2) is 11.5 Å². The Balaban J connectivity index is 1.73. The van der Waals surface area contributed by atoms with Crippen LogP contribution >= 0.6 is 0 Å². The number of hydrogen-bond donors (Lipinski definition) is 1. The fourth-order valence-corrected chi connectivity index (χ4v) is 2.89. The van der Waals surface area contributed by atoms with Gasteiger partial charge in [0.1, 0.15) is 0 Å². The minimum Gasteiger partial charge on any atom is -0.490 e. The molecule has 1 aromatic heterocycles. The molecule has 3 rings (SSSR count). The van der Waals surface area contributed by atoms with Crippen LogP contribution in [-0.2, 0) is 0 Å². The van der Waals surface area contributed by atoms with E-state index in [0.29, 0.717) is 42.6 Å². The Hall–Kier alpha value is -3.81. The molecule has 1 heterocycles. The van der Waals surface area contributed by atoms with E-state index in [4.69, 9.17) is 14.2 Å². The molecule has 8 heteroatoms. The monoisotopic (exact) mass is 422 g/mol. The Labute approximate surface area is 181 Å². The van der Waals surface area contributed by atoms with Gasteiger partial charge >= 0.3 is 0 Å². The lowest BCUT2D eigenvalue weighted by Gasteiger charge is -2.16. The topological polar surface area (TPSA) is 87.0 Å². The number of nitrogens with one attached hydrogen (secondary N) is 1. The first-order valence-electron chi connectivity index (χ1n) is 10.1. The zero-order chi connectivity index (χ0) is 22.1. The molecule has 0 unspecified atom stereocenters. The SMILES string of the molecule is CCOc1cc(C(=O)N/N=C/c2ccc(-n3ccnc3)cc2)cc(OCC)c1OCC. The number of ether oxygens (including phenoxy) is 3. The second kappa shape index (κ2) is 10.8. The Morgan fingerprint density at radius 1 is 1.03 bits per heavy atom. The standard InChI is InChI=1S/C23H26N4O4/c1-4-29-20-13-18(14-21(30-5-2)22(20)31-6-3)23(28)26-25-15-17-7-9-19(10-8-17)27-12-11-24-16-27/h7-16H,4-6H2,1-3H3,(H,26,28)/b25-15+. The van der Waals surface area contributed by atoms with Gasteiger partial charge in [-0.3, -0.25) is 4.79 Å². The summed E-state index contributed by atoms with van der Waals surface area (Å²) in [6, 6.07) is 11.0. The van der Waals surface area contributed by atoms with E-state index >= 15 is 0 Å². The summed E-state index contributed by atoms with van der Waals surface area (Å²) >= 11 is 0. The highest BCUT2D eigenvalue weighted by Gasteiger charge is 2.18. The molecule has 0 saturated heterocycles. The van der Waals surface area contributed by atoms with E-state index in [-0.39, 0.29) is 5.91 Å². The van der Waals surface area contributed by atoms with Gasteiger partial charge in [-0.25, -0.2) is 10.4 Å². The minimum absolute atomic E-state index is 0.364. The summed E-state index contributed by atoms with van der Waals surface area (Å²) in [4.78, 5) is 16.7. The number of carbonyl (C=O) groups excluding carboxylic acids is 1. The quantitative estimate of drug-likeness (QED) is 0.396. The molecule has 3 aromatic rings. The first-order chi connectivity index (χ1) is 15.2. The van der Waals surface area contributed by atoms with E-state index < -0.39 is 0 Å². The van der Waals surface area contributed by atoms with Crippen molar-refractivity contribution in [2.24, 2.45) is 5.10 Å². The molecule has 2 aromatic carbocycles. The average molecular weight is 422 g/mol. The molecule has 0 atom stereocenters. The van der Waals surface area contributed by atoms with Crippen LogP contribution < -0.4 is 19.6 Å². The maximum atomic E-state index is 12.6. The summed E-state index contributed by atoms with van der Waals surface area (Å²) in [7, 11) is 0. The van der Waals surface area contributed by atoms with E-state index in [1.165, 1.54) is 0 Å². The van der Waals surface area contributed by atoms with Crippen LogP contribution in [-0.4, -0.2) is 41.5 Å². The number of aromatic nitrogens is 2. The lowest BCUT2D eigenvalue weighted by atomic mass is 10.1. The third-order valence-electron chi connectivity index (χ3n) is 4.25. The predicted molar refractivity (Wildman–Crippen MR) is 119 cm³/mol. The van der Waals surface area contributed by atoms with Crippen molar-refractivity contribution in [2.75, 3.05) is 19.8 Å². The molecule has 0 aliphatic rings. The Morgan fingerprint density at radius 2 is 1.68 bits per heavy atom. The highest BCUT2D eigenvalue weighted by Crippen LogP contribution is 2.39. The third-order valence-corrected chi connectivity index (χ3v) is 4.25. The van der Waals surface area contributed by atoms with Gasteiger partial charge in [0.2, 0.25) is 5.75 Å². The summed E-state index contributed by atoms with van der Waals surface area (Å²) < 4.78 is 18.9. The zero-order valence-corrected chi connectivity index (χ0v) is 17.9. The summed E-state index contributed by atoms with van der Waals surface area (Å²) in [5.41, 5.74) is 4.74. The van der Waals surface area contributed by atoms with E-state index in [1.807, 2.05) is 55.8 Å². The van der Waals surface area contributed by atoms with Crippen LogP contribution in [0.25, 0.3) is 5.69 Å². The number of hydrazone groups is 1. The highest BCUT2D eigenvalue weighted by atomic mass is 16.5. The van der Waals surface area contributed by atoms with Gasteiger partial charge in [-0.2, -0.15) is 5.10 Å². The van der Waals surface area contributed by atoms with Crippen LogP contribution in [0.15, 0.2) is 60.2 Å². The maximum Gasteiger partial charge on any atom is 0.271 e. The summed E-state index contributed by atoms with van der Waals surface area (Å²) in [6.45, 7) is 6.93. The zero-order valence-electron chi connectivity index (χ0n) is 17.9. The Bertz CT molecular complexity index is 988. The van der Waals surface area contributed by atoms with Crippen molar-refractivity contribution in [1.29, 1.82) is 0 Å². The number of carbonyl (C=O) groups is 1. The molecule has 31 heavy (non-hydrogen) atoms. The number of hydrogen-bond acceptors (Lipinski definition) is 6. The van der Waals surface area contributed by atoms with E-state index in [0.717, 1.165) is 11.3 Å². The molecular weight excluding hydrogens is 396 g/mol. The second-order valence-electron chi connectivity index (χ2n) is 6.36. The molecule has 0 radical (unpaired) electrons. The third kappa shape index (κ3) is 5.63. The van der Waals surface area contributed by atoms with Crippen LogP contribution in [0, 0.1) is 0 Å². The van der Waals surface area contributed by atoms with Crippen molar-refractivity contribution < 1.29 is 19.0 Å². The van der Waals surface area contributed by atoms with Crippen molar-refractivity contribution in [3.63, 3.8) is 0 Å². The van der Waals surface area contributed by atoms with Crippen LogP contribution in [0.2, 0.25) is 0 Å². The Morgan fingerprint density at radius 3 is 2.23 bits per heavy atom. The van der Waals surface area contributed by atoms with Gasteiger partial charge in [-0.05, 0) is 50.6 Å². The van der Waals surface area contributed by atoms with Crippen molar-refractivity contribution in [1.82, 2.24) is 15.0 Å². The molecule has 0 aliphatic heterocycles. The normalized spacial score (nSPS) is 10.8. The molecule has 0 bridgehead atoms. The molecule has 0 spiro atoms. The number of amides is 1. The first kappa shape index (κ1) is 21.9. The summed E-state index contributed by atoms with van der Waals surface area (Å²) in [6.07, 6.45) is 6.90. The molecule has 1 amide bonds. The smallest absolute Gasteiger partial charge is 0.271 e. The van der Waals surface area contributed by atoms with E-state index in [1.54, 1.807) is 30.9 Å². The highest BCUT2D eigenvalue weighted by molar-refractivity contribution is 5.96. The lowest BCUT2D eigenvalue weighted by Crippen LogP contribution is -2.18. The van der Waals surface area contributed by atoms with Gasteiger partial charge < -0.3 is 18.8 Å². The molecule has 0 saturated carbocycles. The molecular formula is C23H26N4O4. The van der Waals surface area contributed by atoms with Gasteiger partial charge in [0, 0.05) is 23.6 Å². The maximum absolute atomic E-state index is 12.6. The summed E-state index contributed by atoms with van der Waals surface area (Å²) in [5, 5.41) is 4.06. The van der Waals surface area contributed by atoms with Gasteiger partial charge in [-0.1, -0.05) is 12.1 Å². The van der Waals surface area contributed by atoms with Crippen LogP contribution in [0.3, 0.4) is 0 Å². The van der Waals surface area contributed by atoms with Crippen molar-refractivity contribution >= 4 is 12.1 Å². The molecule has 0 fully saturated rings. The lowest BCUT2D eigenvalue weighted by molar-refractivity contribution is 0.0954. The summed E-state index contributed by atoms with van der Waals surface area (Å²) in [5.74, 6) is 1.03. The fraction of sp³-hybridized carbons (Fsp3) is 0.261. The van der Waals surface area contributed by atoms with E-state index in [9.17, 15) is 4.79 Å².